The van der Waals surface area contributed by atoms with Gasteiger partial charge in [0.2, 0.25) is 0 Å². The van der Waals surface area contributed by atoms with Crippen LogP contribution in [0.2, 0.25) is 0 Å². The number of nitrogens with one attached hydrogen (secondary N) is 2. The first kappa shape index (κ1) is 40.7. The van der Waals surface area contributed by atoms with E-state index in [0.717, 1.165) is 84.0 Å². The number of amides is 4. The second-order valence-corrected chi connectivity index (χ2v) is 15.6. The van der Waals surface area contributed by atoms with Gasteiger partial charge in [-0.15, -0.1) is 0 Å². The van der Waals surface area contributed by atoms with Crippen LogP contribution in [0.5, 0.6) is 11.5 Å². The summed E-state index contributed by atoms with van der Waals surface area (Å²) in [4.78, 5) is 46.2. The summed E-state index contributed by atoms with van der Waals surface area (Å²) in [5.41, 5.74) is 1.77. The van der Waals surface area contributed by atoms with E-state index in [2.05, 4.69) is 10.6 Å². The van der Waals surface area contributed by atoms with Crippen molar-refractivity contribution in [3.63, 3.8) is 0 Å². The Morgan fingerprint density at radius 2 is 0.922 bits per heavy atom. The molecule has 2 heterocycles. The number of rotatable bonds is 14. The van der Waals surface area contributed by atoms with E-state index in [9.17, 15) is 19.2 Å². The third-order valence-corrected chi connectivity index (χ3v) is 11.3. The molecule has 11 heteroatoms. The number of benzene rings is 2. The van der Waals surface area contributed by atoms with Gasteiger partial charge in [-0.1, -0.05) is 101 Å². The van der Waals surface area contributed by atoms with E-state index in [-0.39, 0.29) is 32.2 Å². The molecule has 2 saturated carbocycles. The Hall–Kier alpha value is -3.07. The quantitative estimate of drug-likeness (QED) is 0.111. The molecule has 4 aliphatic rings. The summed E-state index contributed by atoms with van der Waals surface area (Å²) < 4.78 is 11.6. The zero-order chi connectivity index (χ0) is 35.0. The summed E-state index contributed by atoms with van der Waals surface area (Å²) >= 11 is 1.87. The number of unbranched alkanes of at least 4 members (excludes halogenated alkanes) is 2. The van der Waals surface area contributed by atoms with Crippen LogP contribution in [0.15, 0.2) is 58.3 Å². The second kappa shape index (κ2) is 22.1. The lowest BCUT2D eigenvalue weighted by atomic mass is 9.86. The first-order valence-electron chi connectivity index (χ1n) is 18.4. The maximum Gasteiger partial charge on any atom is 0.290 e. The molecule has 2 aromatic carbocycles. The van der Waals surface area contributed by atoms with Crippen molar-refractivity contribution in [3.05, 3.63) is 69.5 Å². The zero-order valence-electron chi connectivity index (χ0n) is 29.6. The van der Waals surface area contributed by atoms with Crippen LogP contribution in [0.25, 0.3) is 12.2 Å². The van der Waals surface area contributed by atoms with Crippen molar-refractivity contribution in [1.29, 1.82) is 0 Å². The van der Waals surface area contributed by atoms with Crippen molar-refractivity contribution >= 4 is 67.9 Å². The molecule has 51 heavy (non-hydrogen) atoms. The van der Waals surface area contributed by atoms with Gasteiger partial charge in [-0.3, -0.25) is 29.8 Å². The van der Waals surface area contributed by atoms with Crippen LogP contribution < -0.4 is 20.1 Å². The zero-order valence-corrected chi connectivity index (χ0v) is 32.7. The van der Waals surface area contributed by atoms with Gasteiger partial charge < -0.3 is 9.47 Å². The highest BCUT2D eigenvalue weighted by molar-refractivity contribution is 8.18. The molecule has 2 saturated heterocycles. The first-order chi connectivity index (χ1) is 24.4. The number of carbonyl (C=O) groups is 4. The predicted octanol–water partition coefficient (Wildman–Crippen LogP) is 10.3. The molecule has 0 bridgehead atoms. The van der Waals surface area contributed by atoms with Gasteiger partial charge in [0.25, 0.3) is 22.3 Å². The maximum atomic E-state index is 11.5. The molecule has 2 aliphatic heterocycles. The van der Waals surface area contributed by atoms with Gasteiger partial charge >= 0.3 is 0 Å². The Balaban J connectivity index is 0.000000224. The monoisotopic (exact) mass is 752 g/mol. The average Bonchev–Trinajstić information content (AvgIpc) is 3.63. The summed E-state index contributed by atoms with van der Waals surface area (Å²) in [7, 11) is 0. The van der Waals surface area contributed by atoms with Crippen molar-refractivity contribution in [3.8, 4) is 11.5 Å². The van der Waals surface area contributed by atoms with Crippen LogP contribution in [0, 0.1) is 11.8 Å². The largest absolute Gasteiger partial charge is 0.494 e. The fraction of sp³-hybridized carbons (Fsp3) is 0.500. The van der Waals surface area contributed by atoms with Gasteiger partial charge in [0, 0.05) is 0 Å². The van der Waals surface area contributed by atoms with E-state index < -0.39 is 0 Å². The normalized spacial score (nSPS) is 19.7. The molecule has 8 nitrogen and oxygen atoms in total. The topological polar surface area (TPSA) is 111 Å². The van der Waals surface area contributed by atoms with Crippen molar-refractivity contribution in [2.24, 2.45) is 11.8 Å². The highest BCUT2D eigenvalue weighted by atomic mass is 32.2. The van der Waals surface area contributed by atoms with Gasteiger partial charge in [0.1, 0.15) is 11.5 Å². The minimum Gasteiger partial charge on any atom is -0.494 e. The number of ether oxygens (including phenoxy) is 2. The molecule has 276 valence electrons. The number of thioether (sulfide) groups is 2. The third-order valence-electron chi connectivity index (χ3n) is 9.64. The van der Waals surface area contributed by atoms with E-state index >= 15 is 0 Å². The lowest BCUT2D eigenvalue weighted by Gasteiger charge is -2.21. The number of imide groups is 2. The van der Waals surface area contributed by atoms with Gasteiger partial charge in [-0.25, -0.2) is 0 Å². The maximum absolute atomic E-state index is 11.5. The Labute approximate surface area is 314 Å². The standard InChI is InChI=1S/2C20H25NO3S.H3P/c2*22-19-18(25-20(23)21-19)14-16-9-11-17(12-10-16)24-13-5-4-8-15-6-2-1-3-7-15;/h2*9-12,14-15H,1-8,13H2,(H,21,22,23);1H3. The van der Waals surface area contributed by atoms with Gasteiger partial charge in [0.15, 0.2) is 0 Å². The fourth-order valence-corrected chi connectivity index (χ4v) is 8.23. The van der Waals surface area contributed by atoms with Gasteiger partial charge in [-0.05, 0) is 109 Å². The van der Waals surface area contributed by atoms with E-state index in [0.29, 0.717) is 9.81 Å². The first-order valence-corrected chi connectivity index (χ1v) is 20.0. The molecule has 2 aliphatic carbocycles. The Kier molecular flexibility index (Phi) is 17.6. The average molecular weight is 753 g/mol. The SMILES string of the molecule is O=C1NC(=O)C(=Cc2ccc(OCCCCC3CCCCC3)cc2)S1.O=C1NC(=O)C(=Cc2ccc(OCCCCC3CCCCC3)cc2)S1.P. The lowest BCUT2D eigenvalue weighted by molar-refractivity contribution is -0.116. The predicted molar refractivity (Wildman–Crippen MR) is 214 cm³/mol. The van der Waals surface area contributed by atoms with Crippen LogP contribution in [-0.2, 0) is 9.59 Å². The minimum atomic E-state index is -0.326. The van der Waals surface area contributed by atoms with Crippen LogP contribution in [0.1, 0.15) is 114 Å². The lowest BCUT2D eigenvalue weighted by Crippen LogP contribution is -2.17. The van der Waals surface area contributed by atoms with E-state index in [1.807, 2.05) is 48.5 Å². The molecule has 4 fully saturated rings. The van der Waals surface area contributed by atoms with Crippen molar-refractivity contribution in [2.45, 2.75) is 103 Å². The number of carbonyl (C=O) groups excluding carboxylic acids is 4. The van der Waals surface area contributed by atoms with E-state index in [4.69, 9.17) is 9.47 Å². The highest BCUT2D eigenvalue weighted by Gasteiger charge is 2.25. The second-order valence-electron chi connectivity index (χ2n) is 13.5. The molecule has 1 atom stereocenters. The number of hydrogen-bond acceptors (Lipinski definition) is 8. The summed E-state index contributed by atoms with van der Waals surface area (Å²) in [6.45, 7) is 1.50. The molecule has 4 amide bonds. The Morgan fingerprint density at radius 1 is 0.549 bits per heavy atom. The summed E-state index contributed by atoms with van der Waals surface area (Å²) in [6, 6.07) is 15.3. The van der Waals surface area contributed by atoms with Crippen molar-refractivity contribution < 1.29 is 28.7 Å². The molecule has 6 rings (SSSR count). The van der Waals surface area contributed by atoms with Gasteiger partial charge in [0.05, 0.1) is 23.0 Å². The summed E-state index contributed by atoms with van der Waals surface area (Å²) in [5, 5.41) is 3.88. The van der Waals surface area contributed by atoms with Crippen LogP contribution in [-0.4, -0.2) is 35.5 Å². The van der Waals surface area contributed by atoms with E-state index in [1.165, 1.54) is 89.9 Å². The van der Waals surface area contributed by atoms with Crippen LogP contribution in [0.4, 0.5) is 9.59 Å². The molecule has 2 aromatic rings. The minimum absolute atomic E-state index is 0. The molecule has 0 aromatic heterocycles. The molecular formula is C40H53N2O6PS2. The van der Waals surface area contributed by atoms with Crippen LogP contribution >= 0.6 is 33.4 Å². The van der Waals surface area contributed by atoms with Crippen molar-refractivity contribution in [1.82, 2.24) is 10.6 Å². The fourth-order valence-electron chi connectivity index (χ4n) is 6.87. The third kappa shape index (κ3) is 14.5. The number of hydrogen-bond donors (Lipinski definition) is 2. The van der Waals surface area contributed by atoms with Crippen LogP contribution in [0.3, 0.4) is 0 Å². The van der Waals surface area contributed by atoms with Crippen molar-refractivity contribution in [2.75, 3.05) is 13.2 Å². The molecule has 1 unspecified atom stereocenters. The summed E-state index contributed by atoms with van der Waals surface area (Å²) in [6.07, 6.45) is 25.0. The molecule has 0 radical (unpaired) electrons. The Morgan fingerprint density at radius 3 is 1.25 bits per heavy atom. The summed E-state index contributed by atoms with van der Waals surface area (Å²) in [5.74, 6) is 2.93. The highest BCUT2D eigenvalue weighted by Crippen LogP contribution is 2.30. The smallest absolute Gasteiger partial charge is 0.290 e. The molecular weight excluding hydrogens is 700 g/mol. The van der Waals surface area contributed by atoms with E-state index in [1.54, 1.807) is 12.2 Å². The molecule has 0 spiro atoms. The Bertz CT molecular complexity index is 1390. The van der Waals surface area contributed by atoms with Gasteiger partial charge in [-0.2, -0.15) is 9.90 Å². The molecule has 2 N–H and O–H groups in total.